The fourth-order valence-corrected chi connectivity index (χ4v) is 26.4. The molecule has 2 fully saturated rings. The molecule has 10 atom stereocenters. The molecule has 8 rings (SSSR count). The van der Waals surface area contributed by atoms with Gasteiger partial charge in [0.15, 0.2) is 0 Å². The molecular weight excluding hydrogens is 799 g/mol. The predicted molar refractivity (Wildman–Crippen MR) is 239 cm³/mol. The summed E-state index contributed by atoms with van der Waals surface area (Å²) in [7, 11) is 0. The van der Waals surface area contributed by atoms with Crippen molar-refractivity contribution in [3.63, 3.8) is 0 Å². The molecular formula is C53H62Cl2Zr. The predicted octanol–water partition coefficient (Wildman–Crippen LogP) is 15.3. The van der Waals surface area contributed by atoms with Gasteiger partial charge in [-0.1, -0.05) is 0 Å². The van der Waals surface area contributed by atoms with Crippen LogP contribution in [0, 0.1) is 55.2 Å². The summed E-state index contributed by atoms with van der Waals surface area (Å²) in [6, 6.07) is 17.7. The fraction of sp³-hybridized carbons (Fsp3) is 0.453. The summed E-state index contributed by atoms with van der Waals surface area (Å²) in [5.74, 6) is 0.740. The summed E-state index contributed by atoms with van der Waals surface area (Å²) in [6.07, 6.45) is 34.1. The molecule has 2 saturated carbocycles. The molecule has 0 nitrogen and oxygen atoms in total. The van der Waals surface area contributed by atoms with E-state index in [2.05, 4.69) is 211 Å². The molecule has 2 aromatic carbocycles. The summed E-state index contributed by atoms with van der Waals surface area (Å²) in [5.41, 5.74) is 4.58. The fourth-order valence-electron chi connectivity index (χ4n) is 14.1. The Kier molecular flexibility index (Phi) is 9.46. The van der Waals surface area contributed by atoms with Gasteiger partial charge in [0, 0.05) is 0 Å². The zero-order chi connectivity index (χ0) is 40.5. The Labute approximate surface area is 356 Å². The number of allylic oxidation sites excluding steroid dienone is 16. The second-order valence-electron chi connectivity index (χ2n) is 20.3. The van der Waals surface area contributed by atoms with E-state index in [0.29, 0.717) is 15.5 Å². The molecule has 0 bridgehead atoms. The normalized spacial score (nSPS) is 40.3. The molecule has 10 unspecified atom stereocenters. The van der Waals surface area contributed by atoms with Crippen molar-refractivity contribution in [2.24, 2.45) is 55.2 Å². The van der Waals surface area contributed by atoms with Crippen molar-refractivity contribution in [3.05, 3.63) is 163 Å². The van der Waals surface area contributed by atoms with Crippen molar-refractivity contribution in [2.45, 2.75) is 93.1 Å². The van der Waals surface area contributed by atoms with Gasteiger partial charge in [-0.3, -0.25) is 0 Å². The Balaban J connectivity index is 1.61. The van der Waals surface area contributed by atoms with Crippen LogP contribution in [0.15, 0.2) is 142 Å². The van der Waals surface area contributed by atoms with Crippen LogP contribution in [-0.4, -0.2) is 3.21 Å². The molecule has 0 spiro atoms. The molecule has 6 aliphatic carbocycles. The number of hydrogen-bond donors (Lipinski definition) is 0. The zero-order valence-corrected chi connectivity index (χ0v) is 39.8. The number of halogens is 2. The van der Waals surface area contributed by atoms with Gasteiger partial charge in [0.2, 0.25) is 0 Å². The first-order valence-electron chi connectivity index (χ1n) is 21.0. The molecule has 6 aliphatic rings. The third kappa shape index (κ3) is 4.78. The van der Waals surface area contributed by atoms with E-state index in [9.17, 15) is 0 Å². The second-order valence-corrected chi connectivity index (χ2v) is 27.4. The van der Waals surface area contributed by atoms with E-state index in [4.69, 9.17) is 23.2 Å². The average molecular weight is 861 g/mol. The Bertz CT molecular complexity index is 2220. The summed E-state index contributed by atoms with van der Waals surface area (Å²) < 4.78 is 3.72. The van der Waals surface area contributed by atoms with Gasteiger partial charge in [0.1, 0.15) is 0 Å². The monoisotopic (exact) mass is 858 g/mol. The first kappa shape index (κ1) is 40.5. The van der Waals surface area contributed by atoms with E-state index in [0.717, 1.165) is 16.5 Å². The Morgan fingerprint density at radius 3 is 1.66 bits per heavy atom. The number of fused-ring (bicyclic) bond motifs is 8. The third-order valence-corrected chi connectivity index (χ3v) is 27.9. The summed E-state index contributed by atoms with van der Waals surface area (Å²) >= 11 is 10.2. The van der Waals surface area contributed by atoms with Crippen LogP contribution in [-0.2, 0) is 21.3 Å². The van der Waals surface area contributed by atoms with Crippen molar-refractivity contribution in [2.75, 3.05) is 0 Å². The third-order valence-electron chi connectivity index (χ3n) is 18.1. The molecule has 0 saturated heterocycles. The van der Waals surface area contributed by atoms with E-state index in [1.165, 1.54) is 22.3 Å². The summed E-state index contributed by atoms with van der Waals surface area (Å²) in [5, 5.41) is 1.56. The van der Waals surface area contributed by atoms with Crippen LogP contribution in [0.3, 0.4) is 0 Å². The molecule has 0 radical (unpaired) electrons. The molecule has 0 aliphatic heterocycles. The van der Waals surface area contributed by atoms with Crippen molar-refractivity contribution in [3.8, 4) is 0 Å². The van der Waals surface area contributed by atoms with Crippen molar-refractivity contribution in [1.29, 1.82) is 0 Å². The number of rotatable bonds is 5. The second kappa shape index (κ2) is 13.1. The maximum absolute atomic E-state index is 6.72. The minimum absolute atomic E-state index is 0.0532. The van der Waals surface area contributed by atoms with Crippen molar-refractivity contribution < 1.29 is 21.3 Å². The van der Waals surface area contributed by atoms with Gasteiger partial charge in [-0.2, -0.15) is 0 Å². The summed E-state index contributed by atoms with van der Waals surface area (Å²) in [4.78, 5) is 0. The van der Waals surface area contributed by atoms with Crippen molar-refractivity contribution >= 4 is 26.4 Å². The topological polar surface area (TPSA) is 0 Å². The van der Waals surface area contributed by atoms with Crippen LogP contribution in [0.4, 0.5) is 0 Å². The zero-order valence-electron chi connectivity index (χ0n) is 35.8. The molecule has 3 heteroatoms. The molecule has 0 N–H and O–H groups in total. The number of benzene rings is 2. The molecule has 0 aromatic heterocycles. The molecule has 2 aromatic rings. The average Bonchev–Trinajstić information content (AvgIpc) is 3.67. The van der Waals surface area contributed by atoms with Gasteiger partial charge in [0.25, 0.3) is 0 Å². The minimum atomic E-state index is -3.25. The SMILES string of the molecule is CCC1C=C(C(C)(C)C)C=[C]1[Zr](=[C](c1ccc(Cl)cc1)c1ccc(Cl)cc1)[CH]1C2C=CC=C(C)C2(C)C2(C)C3(C)C=CC=CC3(C)C3(C)C=CC=CC3(C)C12C. The van der Waals surface area contributed by atoms with Gasteiger partial charge >= 0.3 is 359 Å². The van der Waals surface area contributed by atoms with Gasteiger partial charge in [-0.15, -0.1) is 0 Å². The van der Waals surface area contributed by atoms with Crippen LogP contribution in [0.1, 0.15) is 101 Å². The first-order chi connectivity index (χ1) is 26.2. The van der Waals surface area contributed by atoms with Crippen LogP contribution in [0.2, 0.25) is 13.7 Å². The van der Waals surface area contributed by atoms with Crippen LogP contribution in [0.5, 0.6) is 0 Å². The van der Waals surface area contributed by atoms with Gasteiger partial charge in [-0.25, -0.2) is 0 Å². The molecule has 56 heavy (non-hydrogen) atoms. The molecule has 292 valence electrons. The van der Waals surface area contributed by atoms with E-state index in [-0.39, 0.29) is 43.3 Å². The van der Waals surface area contributed by atoms with Crippen LogP contribution in [0.25, 0.3) is 0 Å². The standard InChI is InChI=1S/C29H37.C13H8Cl2.C11H17.Zr/c1-21-14-13-15-22-20-27(6)25(4)18-10-9-16-23(25,2)24(3)17-11-12-19-26(24,5)29(27,8)28(21,22)7;14-12-5-1-10(2-6-12)9-11-3-7-13(15)8-4-11;1-5-9-6-7-10(8-9)11(2,3)4;/h9-20,22H,1-8H3;1-8H;7-9H,5H2,1-4H3;. The molecule has 0 heterocycles. The quantitative estimate of drug-likeness (QED) is 0.281. The summed E-state index contributed by atoms with van der Waals surface area (Å²) in [6.45, 7) is 30.9. The van der Waals surface area contributed by atoms with Gasteiger partial charge in [0.05, 0.1) is 0 Å². The van der Waals surface area contributed by atoms with E-state index < -0.39 is 21.3 Å². The Hall–Kier alpha value is -2.31. The first-order valence-corrected chi connectivity index (χ1v) is 25.6. The van der Waals surface area contributed by atoms with E-state index in [1.54, 1.807) is 6.49 Å². The number of hydrogen-bond acceptors (Lipinski definition) is 0. The van der Waals surface area contributed by atoms with E-state index in [1.807, 2.05) is 0 Å². The van der Waals surface area contributed by atoms with Gasteiger partial charge in [-0.05, 0) is 0 Å². The van der Waals surface area contributed by atoms with Gasteiger partial charge < -0.3 is 0 Å². The van der Waals surface area contributed by atoms with E-state index >= 15 is 0 Å². The Morgan fingerprint density at radius 2 is 1.16 bits per heavy atom. The van der Waals surface area contributed by atoms with Crippen molar-refractivity contribution in [1.82, 2.24) is 0 Å². The maximum atomic E-state index is 6.72. The molecule has 0 amide bonds. The van der Waals surface area contributed by atoms with Crippen LogP contribution >= 0.6 is 23.2 Å². The Morgan fingerprint density at radius 1 is 0.679 bits per heavy atom. The van der Waals surface area contributed by atoms with Crippen LogP contribution < -0.4 is 0 Å².